The van der Waals surface area contributed by atoms with E-state index in [9.17, 15) is 9.59 Å². The molecule has 2 N–H and O–H groups in total. The molecule has 0 saturated heterocycles. The Hall–Kier alpha value is -2.37. The van der Waals surface area contributed by atoms with E-state index in [0.29, 0.717) is 6.54 Å². The van der Waals surface area contributed by atoms with Gasteiger partial charge in [0.25, 0.3) is 11.5 Å². The van der Waals surface area contributed by atoms with Gasteiger partial charge in [0.05, 0.1) is 12.4 Å². The van der Waals surface area contributed by atoms with Gasteiger partial charge in [0.2, 0.25) is 0 Å². The highest BCUT2D eigenvalue weighted by molar-refractivity contribution is 5.94. The molecule has 0 bridgehead atoms. The average Bonchev–Trinajstić information content (AvgIpc) is 2.98. The lowest BCUT2D eigenvalue weighted by Crippen LogP contribution is -2.47. The Morgan fingerprint density at radius 1 is 1.33 bits per heavy atom. The zero-order valence-electron chi connectivity index (χ0n) is 15.0. The van der Waals surface area contributed by atoms with E-state index >= 15 is 0 Å². The molecule has 0 saturated carbocycles. The molecule has 2 rings (SSSR count). The number of carbonyl (C=O) groups is 1. The van der Waals surface area contributed by atoms with Gasteiger partial charge >= 0.3 is 0 Å². The summed E-state index contributed by atoms with van der Waals surface area (Å²) in [4.78, 5) is 31.6. The van der Waals surface area contributed by atoms with Gasteiger partial charge in [-0.25, -0.2) is 4.98 Å². The summed E-state index contributed by atoms with van der Waals surface area (Å²) in [6.07, 6.45) is 5.28. The first-order chi connectivity index (χ1) is 11.2. The monoisotopic (exact) mass is 330 g/mol. The summed E-state index contributed by atoms with van der Waals surface area (Å²) in [5.41, 5.74) is 0.445. The van der Waals surface area contributed by atoms with Crippen molar-refractivity contribution in [2.24, 2.45) is 5.41 Å². The van der Waals surface area contributed by atoms with E-state index < -0.39 is 0 Å². The van der Waals surface area contributed by atoms with Gasteiger partial charge in [-0.2, -0.15) is 0 Å². The predicted molar refractivity (Wildman–Crippen MR) is 94.1 cm³/mol. The molecule has 1 atom stereocenters. The van der Waals surface area contributed by atoms with Gasteiger partial charge in [0.15, 0.2) is 0 Å². The Labute approximate surface area is 142 Å². The zero-order valence-corrected chi connectivity index (χ0v) is 15.0. The SMILES string of the molecule is CC(C)c1ccc(C(=O)N[C@H](Cn2ccnc2)C(C)(C)C)c(=O)[nH]1. The lowest BCUT2D eigenvalue weighted by molar-refractivity contribution is 0.0891. The number of amides is 1. The number of carbonyl (C=O) groups excluding carboxylic acids is 1. The molecule has 0 unspecified atom stereocenters. The van der Waals surface area contributed by atoms with Crippen LogP contribution in [-0.4, -0.2) is 26.5 Å². The smallest absolute Gasteiger partial charge is 0.261 e. The molecule has 6 heteroatoms. The third-order valence-corrected chi connectivity index (χ3v) is 4.10. The maximum atomic E-state index is 12.6. The molecule has 0 spiro atoms. The third kappa shape index (κ3) is 4.34. The highest BCUT2D eigenvalue weighted by atomic mass is 16.2. The predicted octanol–water partition coefficient (Wildman–Crippen LogP) is 2.54. The second kappa shape index (κ2) is 7.03. The minimum atomic E-state index is -0.355. The van der Waals surface area contributed by atoms with Crippen LogP contribution >= 0.6 is 0 Å². The summed E-state index contributed by atoms with van der Waals surface area (Å²) in [6.45, 7) is 10.7. The number of hydrogen-bond acceptors (Lipinski definition) is 3. The maximum Gasteiger partial charge on any atom is 0.261 e. The minimum Gasteiger partial charge on any atom is -0.347 e. The van der Waals surface area contributed by atoms with Crippen LogP contribution < -0.4 is 10.9 Å². The highest BCUT2D eigenvalue weighted by Gasteiger charge is 2.27. The first kappa shape index (κ1) is 18.0. The summed E-state index contributed by atoms with van der Waals surface area (Å²) in [5.74, 6) is -0.148. The lowest BCUT2D eigenvalue weighted by Gasteiger charge is -2.31. The Morgan fingerprint density at radius 3 is 2.54 bits per heavy atom. The van der Waals surface area contributed by atoms with Crippen molar-refractivity contribution in [1.29, 1.82) is 0 Å². The van der Waals surface area contributed by atoms with Crippen molar-refractivity contribution < 1.29 is 4.79 Å². The normalized spacial score (nSPS) is 13.1. The van der Waals surface area contributed by atoms with Crippen LogP contribution in [0.4, 0.5) is 0 Å². The van der Waals surface area contributed by atoms with Crippen LogP contribution in [0.15, 0.2) is 35.6 Å². The Bertz CT molecular complexity index is 739. The van der Waals surface area contributed by atoms with E-state index in [1.807, 2.05) is 24.6 Å². The van der Waals surface area contributed by atoms with Crippen LogP contribution in [0.3, 0.4) is 0 Å². The van der Waals surface area contributed by atoms with Gasteiger partial charge in [-0.1, -0.05) is 34.6 Å². The first-order valence-corrected chi connectivity index (χ1v) is 8.18. The lowest BCUT2D eigenvalue weighted by atomic mass is 9.86. The summed E-state index contributed by atoms with van der Waals surface area (Å²) in [6, 6.07) is 3.26. The molecule has 2 heterocycles. The molecule has 24 heavy (non-hydrogen) atoms. The van der Waals surface area contributed by atoms with E-state index in [2.05, 4.69) is 36.1 Å². The van der Waals surface area contributed by atoms with Crippen molar-refractivity contribution in [3.63, 3.8) is 0 Å². The fourth-order valence-corrected chi connectivity index (χ4v) is 2.38. The van der Waals surface area contributed by atoms with Crippen LogP contribution in [0.5, 0.6) is 0 Å². The topological polar surface area (TPSA) is 79.8 Å². The molecule has 0 aromatic carbocycles. The molecule has 0 aliphatic heterocycles. The molecule has 130 valence electrons. The van der Waals surface area contributed by atoms with E-state index in [-0.39, 0.29) is 34.4 Å². The van der Waals surface area contributed by atoms with Gasteiger partial charge in [0, 0.05) is 24.6 Å². The molecule has 2 aromatic rings. The Kier molecular flexibility index (Phi) is 5.26. The molecule has 2 aromatic heterocycles. The number of nitrogens with zero attached hydrogens (tertiary/aromatic N) is 2. The largest absolute Gasteiger partial charge is 0.347 e. The molecule has 0 aliphatic carbocycles. The maximum absolute atomic E-state index is 12.6. The number of aromatic nitrogens is 3. The molecule has 0 radical (unpaired) electrons. The van der Waals surface area contributed by atoms with Crippen molar-refractivity contribution >= 4 is 5.91 Å². The van der Waals surface area contributed by atoms with Crippen molar-refractivity contribution in [2.75, 3.05) is 0 Å². The van der Waals surface area contributed by atoms with Crippen molar-refractivity contribution in [1.82, 2.24) is 19.9 Å². The van der Waals surface area contributed by atoms with E-state index in [0.717, 1.165) is 5.69 Å². The third-order valence-electron chi connectivity index (χ3n) is 4.10. The second-order valence-electron chi connectivity index (χ2n) is 7.46. The quantitative estimate of drug-likeness (QED) is 0.884. The average molecular weight is 330 g/mol. The van der Waals surface area contributed by atoms with Gasteiger partial charge < -0.3 is 14.9 Å². The van der Waals surface area contributed by atoms with Crippen LogP contribution in [0, 0.1) is 5.41 Å². The number of H-pyrrole nitrogens is 1. The van der Waals surface area contributed by atoms with Crippen LogP contribution in [0.25, 0.3) is 0 Å². The summed E-state index contributed by atoms with van der Waals surface area (Å²) < 4.78 is 1.92. The first-order valence-electron chi connectivity index (χ1n) is 8.18. The number of rotatable bonds is 5. The van der Waals surface area contributed by atoms with Gasteiger partial charge in [-0.15, -0.1) is 0 Å². The summed E-state index contributed by atoms with van der Waals surface area (Å²) in [7, 11) is 0. The number of pyridine rings is 1. The minimum absolute atomic E-state index is 0.136. The molecule has 0 aliphatic rings. The Balaban J connectivity index is 2.20. The van der Waals surface area contributed by atoms with Gasteiger partial charge in [-0.3, -0.25) is 9.59 Å². The molecular weight excluding hydrogens is 304 g/mol. The van der Waals surface area contributed by atoms with E-state index in [1.165, 1.54) is 0 Å². The fraction of sp³-hybridized carbons (Fsp3) is 0.500. The number of aromatic amines is 1. The summed E-state index contributed by atoms with van der Waals surface area (Å²) >= 11 is 0. The van der Waals surface area contributed by atoms with Crippen molar-refractivity contribution in [3.8, 4) is 0 Å². The highest BCUT2D eigenvalue weighted by Crippen LogP contribution is 2.21. The molecule has 1 amide bonds. The van der Waals surface area contributed by atoms with Crippen molar-refractivity contribution in [2.45, 2.75) is 53.1 Å². The summed E-state index contributed by atoms with van der Waals surface area (Å²) in [5, 5.41) is 2.99. The van der Waals surface area contributed by atoms with Crippen LogP contribution in [-0.2, 0) is 6.54 Å². The standard InChI is InChI=1S/C18H26N4O2/c1-12(2)14-7-6-13(16(23)20-14)17(24)21-15(18(3,4)5)10-22-9-8-19-11-22/h6-9,11-12,15H,10H2,1-5H3,(H,20,23)(H,21,24)/t15-/m1/s1. The zero-order chi connectivity index (χ0) is 17.9. The molecular formula is C18H26N4O2. The number of hydrogen-bond donors (Lipinski definition) is 2. The van der Waals surface area contributed by atoms with Crippen LogP contribution in [0.1, 0.15) is 56.6 Å². The van der Waals surface area contributed by atoms with E-state index in [4.69, 9.17) is 0 Å². The van der Waals surface area contributed by atoms with Gasteiger partial charge in [-0.05, 0) is 23.5 Å². The molecule has 6 nitrogen and oxygen atoms in total. The Morgan fingerprint density at radius 2 is 2.04 bits per heavy atom. The second-order valence-corrected chi connectivity index (χ2v) is 7.46. The number of nitrogens with one attached hydrogen (secondary N) is 2. The van der Waals surface area contributed by atoms with Crippen molar-refractivity contribution in [3.05, 3.63) is 52.5 Å². The number of imidazole rings is 1. The van der Waals surface area contributed by atoms with E-state index in [1.54, 1.807) is 24.7 Å². The van der Waals surface area contributed by atoms with Gasteiger partial charge in [0.1, 0.15) is 5.56 Å². The molecule has 0 fully saturated rings. The fourth-order valence-electron chi connectivity index (χ4n) is 2.38. The van der Waals surface area contributed by atoms with Crippen LogP contribution in [0.2, 0.25) is 0 Å².